The van der Waals surface area contributed by atoms with Crippen LogP contribution in [0.15, 0.2) is 47.1 Å². The summed E-state index contributed by atoms with van der Waals surface area (Å²) in [6.45, 7) is 6.74. The minimum atomic E-state index is -1.96. The minimum absolute atomic E-state index is 0.00285. The summed E-state index contributed by atoms with van der Waals surface area (Å²) in [6.07, 6.45) is 3.85. The first-order chi connectivity index (χ1) is 41.3. The predicted molar refractivity (Wildman–Crippen MR) is 305 cm³/mol. The van der Waals surface area contributed by atoms with Crippen molar-refractivity contribution in [2.45, 2.75) is 104 Å². The molecule has 4 aromatic heterocycles. The summed E-state index contributed by atoms with van der Waals surface area (Å²) < 4.78 is 43.2. The van der Waals surface area contributed by atoms with Crippen LogP contribution in [0.3, 0.4) is 0 Å². The van der Waals surface area contributed by atoms with Gasteiger partial charge in [-0.25, -0.2) is 24.0 Å². The molecule has 3 N–H and O–H groups in total. The molecule has 0 unspecified atom stereocenters. The normalized spacial score (nSPS) is 14.8. The van der Waals surface area contributed by atoms with Crippen molar-refractivity contribution in [3.8, 4) is 17.1 Å². The molecular formula is C59H72N10O17. The molecular weight excluding hydrogens is 1120 g/mol. The Balaban J connectivity index is 0.760. The van der Waals surface area contributed by atoms with Gasteiger partial charge in [0.25, 0.3) is 5.56 Å². The van der Waals surface area contributed by atoms with Gasteiger partial charge in [0.05, 0.1) is 93.6 Å². The summed E-state index contributed by atoms with van der Waals surface area (Å²) in [4.78, 5) is 124. The molecule has 1 aliphatic carbocycles. The molecule has 4 amide bonds. The van der Waals surface area contributed by atoms with E-state index in [1.54, 1.807) is 60.6 Å². The molecule has 27 heteroatoms. The lowest BCUT2D eigenvalue weighted by Gasteiger charge is -2.31. The number of nitrogens with one attached hydrogen (secondary N) is 2. The van der Waals surface area contributed by atoms with Gasteiger partial charge in [0.2, 0.25) is 23.4 Å². The van der Waals surface area contributed by atoms with E-state index >= 15 is 0 Å². The number of nitrogens with zero attached hydrogens (tertiary/aromatic N) is 8. The Labute approximate surface area is 494 Å². The Bertz CT molecular complexity index is 3530. The van der Waals surface area contributed by atoms with E-state index in [1.165, 1.54) is 35.6 Å². The number of rotatable bonds is 30. The number of cyclic esters (lactones) is 1. The fraction of sp³-hybridized carbons (Fsp3) is 0.492. The molecule has 6 heterocycles. The smallest absolute Gasteiger partial charge is 0.415 e. The van der Waals surface area contributed by atoms with E-state index in [9.17, 15) is 48.3 Å². The molecule has 2 aliphatic heterocycles. The molecule has 0 bridgehead atoms. The monoisotopic (exact) mass is 1190 g/mol. The van der Waals surface area contributed by atoms with E-state index in [1.807, 2.05) is 6.92 Å². The number of aryl methyl sites for hydroxylation is 2. The van der Waals surface area contributed by atoms with Gasteiger partial charge in [-0.15, -0.1) is 5.10 Å². The number of ketones is 3. The molecule has 460 valence electrons. The average molecular weight is 1190 g/mol. The third-order valence-electron chi connectivity index (χ3n) is 15.3. The van der Waals surface area contributed by atoms with Gasteiger partial charge in [-0.05, 0) is 62.4 Å². The van der Waals surface area contributed by atoms with E-state index in [0.717, 1.165) is 17.2 Å². The highest BCUT2D eigenvalue weighted by Crippen LogP contribution is 2.41. The number of Topliss-reactive ketones (excluding diaryl/α,β-unsaturated/α-hetero) is 2. The Morgan fingerprint density at radius 3 is 2.30 bits per heavy atom. The average Bonchev–Trinajstić information content (AvgIpc) is 1.59. The summed E-state index contributed by atoms with van der Waals surface area (Å²) in [5, 5.41) is 25.5. The van der Waals surface area contributed by atoms with Crippen LogP contribution >= 0.6 is 0 Å². The highest BCUT2D eigenvalue weighted by Gasteiger charge is 2.46. The number of likely N-dealkylation sites (N-methyl/N-ethyl adjacent to an activating group) is 2. The Kier molecular flexibility index (Phi) is 21.0. The van der Waals surface area contributed by atoms with Crippen molar-refractivity contribution < 1.29 is 76.6 Å². The molecule has 8 rings (SSSR count). The Morgan fingerprint density at radius 1 is 0.872 bits per heavy atom. The Hall–Kier alpha value is -8.66. The lowest BCUT2D eigenvalue weighted by Crippen LogP contribution is -2.44. The van der Waals surface area contributed by atoms with Gasteiger partial charge >= 0.3 is 18.2 Å². The van der Waals surface area contributed by atoms with Crippen molar-refractivity contribution in [2.24, 2.45) is 0 Å². The van der Waals surface area contributed by atoms with Crippen LogP contribution in [0.2, 0.25) is 0 Å². The predicted octanol–water partition coefficient (Wildman–Crippen LogP) is 3.24. The van der Waals surface area contributed by atoms with Gasteiger partial charge < -0.3 is 67.8 Å². The standard InChI is InChI=1S/C59H72N10O17/c1-8-39-40-27-38(15-16-45(40)62-52-41(39)31-69-46(52)28-44-43(55(69)75)34-84-56(76)59(44,79)9-2)86-58(78)66(6)19-18-65(5)57(77)85-33-42-35(3)68(53-47(71)29-48(80-7)54(74)51(42)53)32-50(73)61-17-21-81-23-25-83-26-24-82-22-20-67-30-36(63-64-67)13-14-37(70)11-10-12-49(72)60-4/h15-16,27-30,79H,8-14,17-26,31-34H2,1-7H3,(H,60,72)(H,61,73)/t59-/m0/s1. The van der Waals surface area contributed by atoms with Crippen LogP contribution in [0, 0.1) is 6.92 Å². The first-order valence-electron chi connectivity index (χ1n) is 28.4. The second kappa shape index (κ2) is 28.5. The molecule has 0 radical (unpaired) electrons. The SMILES string of the molecule is CCc1c2c(nc3ccc(OC(=O)N(C)CCN(C)C(=O)OCc4c5c(n(CC(=O)NCCOCCOCCOCCn6cc(CCC(=O)CCCC(=O)NC)nn6)c4C)C(=O)C=C(OC)C5=O)cc13)-c1cc3c(c(=O)n1C2)COC(=O)[C@]3(O)CC. The van der Waals surface area contributed by atoms with Gasteiger partial charge in [-0.3, -0.25) is 28.8 Å². The molecule has 0 saturated heterocycles. The number of pyridine rings is 2. The zero-order valence-electron chi connectivity index (χ0n) is 49.4. The number of ether oxygens (including phenoxy) is 7. The molecule has 0 saturated carbocycles. The second-order valence-corrected chi connectivity index (χ2v) is 20.8. The van der Waals surface area contributed by atoms with Crippen LogP contribution in [0.1, 0.15) is 106 Å². The van der Waals surface area contributed by atoms with Crippen LogP contribution in [-0.4, -0.2) is 179 Å². The van der Waals surface area contributed by atoms with Crippen molar-refractivity contribution in [2.75, 3.05) is 87.5 Å². The molecule has 1 atom stereocenters. The zero-order chi connectivity index (χ0) is 61.8. The maximum atomic E-state index is 13.8. The van der Waals surface area contributed by atoms with E-state index in [4.69, 9.17) is 38.1 Å². The summed E-state index contributed by atoms with van der Waals surface area (Å²) in [5.41, 5.74) is 2.52. The first-order valence-corrected chi connectivity index (χ1v) is 28.4. The van der Waals surface area contributed by atoms with Crippen LogP contribution in [-0.2, 0) is 98.9 Å². The molecule has 1 aromatic carbocycles. The zero-order valence-corrected chi connectivity index (χ0v) is 49.4. The van der Waals surface area contributed by atoms with Crippen LogP contribution < -0.4 is 20.9 Å². The fourth-order valence-corrected chi connectivity index (χ4v) is 10.4. The van der Waals surface area contributed by atoms with E-state index in [-0.39, 0.29) is 122 Å². The number of aromatic nitrogens is 6. The summed E-state index contributed by atoms with van der Waals surface area (Å²) in [7, 11) is 5.78. The number of hydrogen-bond acceptors (Lipinski definition) is 20. The van der Waals surface area contributed by atoms with Crippen molar-refractivity contribution in [3.63, 3.8) is 0 Å². The summed E-state index contributed by atoms with van der Waals surface area (Å²) in [6, 6.07) is 6.66. The number of methoxy groups -OCH3 is 1. The Morgan fingerprint density at radius 2 is 1.59 bits per heavy atom. The molecule has 5 aromatic rings. The number of fused-ring (bicyclic) bond motifs is 6. The first kappa shape index (κ1) is 63.4. The van der Waals surface area contributed by atoms with Crippen LogP contribution in [0.25, 0.3) is 22.3 Å². The largest absolute Gasteiger partial charge is 0.492 e. The highest BCUT2D eigenvalue weighted by molar-refractivity contribution is 6.24. The van der Waals surface area contributed by atoms with E-state index < -0.39 is 47.8 Å². The van der Waals surface area contributed by atoms with Crippen LogP contribution in [0.5, 0.6) is 5.75 Å². The lowest BCUT2D eigenvalue weighted by atomic mass is 9.86. The van der Waals surface area contributed by atoms with Crippen molar-refractivity contribution in [1.82, 2.24) is 49.5 Å². The number of aliphatic hydroxyl groups is 1. The fourth-order valence-electron chi connectivity index (χ4n) is 10.4. The van der Waals surface area contributed by atoms with Crippen molar-refractivity contribution in [3.05, 3.63) is 103 Å². The number of esters is 1. The number of carbonyl (C=O) groups excluding carboxylic acids is 8. The summed E-state index contributed by atoms with van der Waals surface area (Å²) >= 11 is 0. The molecule has 86 heavy (non-hydrogen) atoms. The van der Waals surface area contributed by atoms with Crippen molar-refractivity contribution in [1.29, 1.82) is 0 Å². The van der Waals surface area contributed by atoms with E-state index in [2.05, 4.69) is 20.9 Å². The van der Waals surface area contributed by atoms with Gasteiger partial charge in [0, 0.05) is 100 Å². The third kappa shape index (κ3) is 14.2. The third-order valence-corrected chi connectivity index (χ3v) is 15.3. The number of carbonyl (C=O) groups is 8. The minimum Gasteiger partial charge on any atom is -0.492 e. The van der Waals surface area contributed by atoms with Gasteiger partial charge in [-0.2, -0.15) is 0 Å². The second-order valence-electron chi connectivity index (χ2n) is 20.8. The van der Waals surface area contributed by atoms with Gasteiger partial charge in [-0.1, -0.05) is 19.1 Å². The van der Waals surface area contributed by atoms with Crippen LogP contribution in [0.4, 0.5) is 9.59 Å². The molecule has 0 fully saturated rings. The number of amides is 4. The number of benzene rings is 1. The van der Waals surface area contributed by atoms with Gasteiger partial charge in [0.1, 0.15) is 37.0 Å². The van der Waals surface area contributed by atoms with Crippen molar-refractivity contribution >= 4 is 58.2 Å². The molecule has 0 spiro atoms. The topological polar surface area (TPSA) is 322 Å². The highest BCUT2D eigenvalue weighted by atomic mass is 16.6. The number of allylic oxidation sites excluding steroid dienone is 2. The maximum Gasteiger partial charge on any atom is 0.415 e. The number of hydrogen-bond donors (Lipinski definition) is 3. The van der Waals surface area contributed by atoms with Gasteiger partial charge in [0.15, 0.2) is 11.4 Å². The van der Waals surface area contributed by atoms with E-state index in [0.29, 0.717) is 98.6 Å². The maximum absolute atomic E-state index is 13.8. The summed E-state index contributed by atoms with van der Waals surface area (Å²) in [5.74, 6) is -2.48. The quantitative estimate of drug-likeness (QED) is 0.0430. The molecule has 27 nitrogen and oxygen atoms in total. The lowest BCUT2D eigenvalue weighted by molar-refractivity contribution is -0.172. The molecule has 3 aliphatic rings.